The lowest BCUT2D eigenvalue weighted by molar-refractivity contribution is -0.202. The maximum Gasteiger partial charge on any atom is 0.336 e. The van der Waals surface area contributed by atoms with Crippen molar-refractivity contribution in [3.63, 3.8) is 0 Å². The van der Waals surface area contributed by atoms with Crippen molar-refractivity contribution in [2.24, 2.45) is 52.9 Å². The van der Waals surface area contributed by atoms with E-state index in [9.17, 15) is 47.9 Å². The lowest BCUT2D eigenvalue weighted by Crippen LogP contribution is -2.36. The number of carbonyl (C=O) groups is 6. The number of hydrazine groups is 1. The molecule has 8 atom stereocenters. The van der Waals surface area contributed by atoms with Gasteiger partial charge >= 0.3 is 5.97 Å². The van der Waals surface area contributed by atoms with Gasteiger partial charge in [-0.1, -0.05) is 176 Å². The number of hydroxylamine groups is 2. The maximum atomic E-state index is 12.7. The summed E-state index contributed by atoms with van der Waals surface area (Å²) >= 11 is 0. The molecule has 8 saturated heterocycles. The number of nitrogens with one attached hydrogen (secondary N) is 5. The van der Waals surface area contributed by atoms with E-state index in [1.165, 1.54) is 22.3 Å². The minimum atomic E-state index is -0.507. The van der Waals surface area contributed by atoms with Gasteiger partial charge in [0.05, 0.1) is 36.3 Å². The summed E-state index contributed by atoms with van der Waals surface area (Å²) in [5.74, 6) is 11.4. The molecule has 14 heterocycles. The summed E-state index contributed by atoms with van der Waals surface area (Å²) in [7, 11) is 0. The van der Waals surface area contributed by atoms with E-state index < -0.39 is 35.2 Å². The average Bonchev–Trinajstić information content (AvgIpc) is 1.62. The Morgan fingerprint density at radius 1 is 0.433 bits per heavy atom. The molecule has 10 aromatic rings. The molecule has 5 aromatic carbocycles. The highest BCUT2D eigenvalue weighted by molar-refractivity contribution is 6.21. The Labute approximate surface area is 777 Å². The maximum absolute atomic E-state index is 12.7. The summed E-state index contributed by atoms with van der Waals surface area (Å²) in [6.45, 7) is 23.3. The lowest BCUT2D eigenvalue weighted by Gasteiger charge is -2.22. The summed E-state index contributed by atoms with van der Waals surface area (Å²) < 4.78 is 17.7. The van der Waals surface area contributed by atoms with Crippen LogP contribution < -0.4 is 45.0 Å². The summed E-state index contributed by atoms with van der Waals surface area (Å²) in [6.07, 6.45) is 6.34. The van der Waals surface area contributed by atoms with Crippen LogP contribution in [0, 0.1) is 35.5 Å². The van der Waals surface area contributed by atoms with Crippen LogP contribution in [-0.2, 0) is 84.0 Å². The monoisotopic (exact) mass is 1840 g/mol. The number of benzene rings is 5. The van der Waals surface area contributed by atoms with E-state index >= 15 is 0 Å². The largest absolute Gasteiger partial charge is 0.412 e. The van der Waals surface area contributed by atoms with Crippen LogP contribution in [0.2, 0.25) is 0 Å². The molecule has 0 radical (unpaired) electrons. The van der Waals surface area contributed by atoms with Gasteiger partial charge in [-0.25, -0.2) is 14.3 Å². The number of ether oxygens (including phenoxy) is 3. The molecule has 5 amide bonds. The molecular weight excluding hydrogens is 1720 g/mol. The molecule has 38 nitrogen and oxygen atoms in total. The van der Waals surface area contributed by atoms with Crippen LogP contribution in [0.4, 0.5) is 0 Å². The van der Waals surface area contributed by atoms with Gasteiger partial charge in [0.25, 0.3) is 45.9 Å². The number of nitrogens with two attached hydrogens (primary N) is 3. The number of likely N-dealkylation sites (tertiary alicyclic amines) is 4. The molecule has 0 aliphatic carbocycles. The number of H-pyrrole nitrogens is 4. The van der Waals surface area contributed by atoms with Crippen molar-refractivity contribution in [3.8, 4) is 0 Å². The zero-order valence-corrected chi connectivity index (χ0v) is 74.9. The van der Waals surface area contributed by atoms with Crippen molar-refractivity contribution in [2.45, 2.75) is 169 Å². The number of aromatic nitrogens is 13. The minimum Gasteiger partial charge on any atom is -0.412 e. The van der Waals surface area contributed by atoms with Crippen LogP contribution in [0.1, 0.15) is 213 Å². The van der Waals surface area contributed by atoms with Crippen molar-refractivity contribution in [2.75, 3.05) is 92.0 Å². The van der Waals surface area contributed by atoms with Crippen LogP contribution in [0.15, 0.2) is 171 Å². The molecule has 0 spiro atoms. The number of nitrogens with zero attached hydrogens (tertiary/aromatic N) is 15. The Morgan fingerprint density at radius 3 is 1.17 bits per heavy atom. The summed E-state index contributed by atoms with van der Waals surface area (Å²) in [5.41, 5.74) is 11.4. The first kappa shape index (κ1) is 102. The zero-order chi connectivity index (χ0) is 92.0. The van der Waals surface area contributed by atoms with Crippen molar-refractivity contribution < 1.29 is 53.3 Å². The van der Waals surface area contributed by atoms with Crippen LogP contribution in [0.25, 0.3) is 5.52 Å². The second-order valence-corrected chi connectivity index (χ2v) is 35.1. The summed E-state index contributed by atoms with van der Waals surface area (Å²) in [6, 6.07) is 48.2. The van der Waals surface area contributed by atoms with Crippen molar-refractivity contribution in [3.05, 3.63) is 273 Å². The number of imide groups is 2. The first-order valence-electron chi connectivity index (χ1n) is 45.1. The van der Waals surface area contributed by atoms with E-state index in [0.717, 1.165) is 121 Å². The van der Waals surface area contributed by atoms with Gasteiger partial charge in [-0.15, -0.1) is 35.7 Å². The Balaban J connectivity index is 0.000000162. The fraction of sp³-hybridized carbons (Fsp3) is 0.479. The quantitative estimate of drug-likeness (QED) is 0.0221. The minimum absolute atomic E-state index is 0. The molecule has 0 saturated carbocycles. The molecule has 5 aromatic heterocycles. The second kappa shape index (κ2) is 49.1. The predicted molar refractivity (Wildman–Crippen MR) is 499 cm³/mol. The third-order valence-electron chi connectivity index (χ3n) is 25.7. The summed E-state index contributed by atoms with van der Waals surface area (Å²) in [4.78, 5) is 153. The number of fused-ring (bicyclic) bond motifs is 2. The highest BCUT2D eigenvalue weighted by atomic mass is 16.7. The standard InChI is InChI=1S/C24H23N5O3.C22H29N5O3.C22H27N5O2.C16H21N5O.C10H13NO5.2CH4.H4N2.H2O/c1-15-11-28(12-16-7-3-2-4-8-16)13-19(15)21-25-22(30)20(26-27-21)14-29-23(31)17-9-5-6-10-18(17)24(29)32;1-15-12-27(13-16-5-3-2-4-6-16)14-18(15)20-24-22(29)19(25-26-20)11-23-21(28)17-7-9-30-10-8-17;1-15-12-26(13-16-5-3-2-4-6-16)14-18(15)20-24-22(28)19-11-23-21(27(19)25-20)17-7-9-29-10-8-17;1-11-8-21(9-12-5-3-2-4-6-12)10-13(11)15-18-16(22)14(7-17)19-20-15;12-8-1-2-9(13)11(8)16-10(14)7-3-5-15-6-4-7;;;1-2;/h2-10,15,19H,11-14H2,1H3,(H,25,27,30);2-6,15,17-18H,7-14H2,1H3,(H,23,28)(H,24,26,29);2-6,11,15,17-18H,7-10,12-14H2,1H3,(H,24,25,28);2-6,11,13H,7-10,17H2,1H3,(H,18,20,22);7H,1-6H2;2*1H4;1-2H2;1H2/t15-,19-;15-,18?;15-,18-;11-,13?;;;;;/m1111...../s1. The molecule has 13 N–H and O–H groups in total. The van der Waals surface area contributed by atoms with E-state index in [-0.39, 0.29) is 128 Å². The van der Waals surface area contributed by atoms with Crippen LogP contribution in [-0.4, -0.2) is 228 Å². The molecule has 9 aliphatic heterocycles. The molecule has 9 aliphatic rings. The van der Waals surface area contributed by atoms with Crippen molar-refractivity contribution in [1.82, 2.24) is 100 Å². The molecular formula is C96H127N23O15. The molecule has 0 bridgehead atoms. The molecule has 38 heteroatoms. The second-order valence-electron chi connectivity index (χ2n) is 35.1. The first-order valence-corrected chi connectivity index (χ1v) is 45.1. The van der Waals surface area contributed by atoms with Crippen molar-refractivity contribution >= 4 is 41.0 Å². The van der Waals surface area contributed by atoms with Gasteiger partial charge in [-0.3, -0.25) is 79.3 Å². The van der Waals surface area contributed by atoms with Gasteiger partial charge < -0.3 is 55.5 Å². The van der Waals surface area contributed by atoms with Gasteiger partial charge in [0.15, 0.2) is 5.52 Å². The number of aromatic amines is 4. The van der Waals surface area contributed by atoms with Gasteiger partial charge in [-0.05, 0) is 96.6 Å². The number of rotatable bonds is 21. The Morgan fingerprint density at radius 2 is 0.784 bits per heavy atom. The Kier molecular flexibility index (Phi) is 37.4. The van der Waals surface area contributed by atoms with E-state index in [1.54, 1.807) is 35.0 Å². The number of imidazole rings is 1. The van der Waals surface area contributed by atoms with Gasteiger partial charge in [0, 0.05) is 173 Å². The highest BCUT2D eigenvalue weighted by Gasteiger charge is 2.41. The molecule has 134 heavy (non-hydrogen) atoms. The van der Waals surface area contributed by atoms with Crippen LogP contribution >= 0.6 is 0 Å². The third-order valence-corrected chi connectivity index (χ3v) is 25.7. The van der Waals surface area contributed by atoms with E-state index in [0.29, 0.717) is 121 Å². The van der Waals surface area contributed by atoms with Crippen molar-refractivity contribution in [1.29, 1.82) is 0 Å². The number of amides is 5. The first-order chi connectivity index (χ1) is 63.6. The lowest BCUT2D eigenvalue weighted by atomic mass is 9.97. The van der Waals surface area contributed by atoms with E-state index in [1.807, 2.05) is 36.4 Å². The van der Waals surface area contributed by atoms with Crippen LogP contribution in [0.5, 0.6) is 0 Å². The zero-order valence-electron chi connectivity index (χ0n) is 74.9. The van der Waals surface area contributed by atoms with E-state index in [4.69, 9.17) is 29.9 Å². The fourth-order valence-corrected chi connectivity index (χ4v) is 18.4. The van der Waals surface area contributed by atoms with Gasteiger partial charge in [0.2, 0.25) is 5.91 Å². The Hall–Kier alpha value is -12.3. The molecule has 716 valence electrons. The van der Waals surface area contributed by atoms with E-state index in [2.05, 4.69) is 205 Å². The smallest absolute Gasteiger partial charge is 0.336 e. The normalized spacial score (nSPS) is 21.6. The molecule has 2 unspecified atom stereocenters. The molecule has 8 fully saturated rings. The molecule has 19 rings (SSSR count). The van der Waals surface area contributed by atoms with Gasteiger partial charge in [0.1, 0.15) is 46.2 Å². The Bertz CT molecular complexity index is 5730. The predicted octanol–water partition coefficient (Wildman–Crippen LogP) is 6.33. The summed E-state index contributed by atoms with van der Waals surface area (Å²) in [5, 5.41) is 33.2. The third kappa shape index (κ3) is 26.0. The van der Waals surface area contributed by atoms with Crippen LogP contribution in [0.3, 0.4) is 0 Å². The topological polar surface area (TPSA) is 519 Å². The number of carbonyl (C=O) groups excluding carboxylic acids is 6. The van der Waals surface area contributed by atoms with Gasteiger partial charge in [-0.2, -0.15) is 5.10 Å². The average molecular weight is 1840 g/mol. The number of hydrogen-bond donors (Lipinski definition) is 8. The number of hydrogen-bond acceptors (Lipinski definition) is 29. The fourth-order valence-electron chi connectivity index (χ4n) is 18.4. The highest BCUT2D eigenvalue weighted by Crippen LogP contribution is 2.36. The SMILES string of the molecule is C.C.C[C@@H]1CN(Cc2ccccc2)CC1c1nnc(CN)c(=O)[nH]1.C[C@@H]1CN(Cc2ccccc2)CC1c1nnc(CNC(=O)C2CCOCC2)c(=O)[nH]1.C[C@@H]1CN(Cc2ccccc2)C[C@H]1c1nn2c(C3CCOCC3)ncc2c(=O)[nH]1.C[C@@H]1CN(Cc2ccccc2)C[C@H]1c1nnc(CN2C(=O)c3ccccc3C2=O)c(=O)[nH]1.NN.O.O=C(ON1C(=O)CCC1=O)C1CCOCC1.